The van der Waals surface area contributed by atoms with E-state index in [9.17, 15) is 9.90 Å². The van der Waals surface area contributed by atoms with Crippen LogP contribution in [0.4, 0.5) is 5.95 Å². The van der Waals surface area contributed by atoms with E-state index in [1.807, 2.05) is 36.4 Å². The van der Waals surface area contributed by atoms with Gasteiger partial charge in [0.1, 0.15) is 11.8 Å². The van der Waals surface area contributed by atoms with Gasteiger partial charge in [-0.1, -0.05) is 53.7 Å². The molecule has 30 heavy (non-hydrogen) atoms. The maximum absolute atomic E-state index is 12.8. The second-order valence-corrected chi connectivity index (χ2v) is 8.68. The Hall–Kier alpha value is -2.77. The van der Waals surface area contributed by atoms with Crippen molar-refractivity contribution in [1.29, 1.82) is 0 Å². The highest BCUT2D eigenvalue weighted by Gasteiger charge is 2.36. The van der Waals surface area contributed by atoms with Gasteiger partial charge in [-0.05, 0) is 42.2 Å². The van der Waals surface area contributed by atoms with Crippen molar-refractivity contribution in [2.24, 2.45) is 0 Å². The number of halogens is 1. The van der Waals surface area contributed by atoms with Gasteiger partial charge < -0.3 is 10.4 Å². The Kier molecular flexibility index (Phi) is 5.00. The second kappa shape index (κ2) is 7.81. The summed E-state index contributed by atoms with van der Waals surface area (Å²) in [5.74, 6) is 1.60. The number of hydrogen-bond donors (Lipinski definition) is 2. The molecule has 0 radical (unpaired) electrons. The van der Waals surface area contributed by atoms with E-state index < -0.39 is 0 Å². The van der Waals surface area contributed by atoms with Gasteiger partial charge in [-0.15, -0.1) is 5.10 Å². The number of phenols is 1. The summed E-state index contributed by atoms with van der Waals surface area (Å²) in [5, 5.41) is 19.1. The summed E-state index contributed by atoms with van der Waals surface area (Å²) in [7, 11) is 0. The Morgan fingerprint density at radius 3 is 2.77 bits per heavy atom. The first-order valence-corrected chi connectivity index (χ1v) is 11.1. The summed E-state index contributed by atoms with van der Waals surface area (Å²) >= 11 is 7.77. The predicted molar refractivity (Wildman–Crippen MR) is 117 cm³/mol. The Bertz CT molecular complexity index is 1160. The van der Waals surface area contributed by atoms with E-state index in [1.165, 1.54) is 11.8 Å². The average molecular weight is 439 g/mol. The molecule has 0 saturated carbocycles. The normalized spacial score (nSPS) is 18.0. The molecule has 2 aliphatic rings. The molecule has 1 atom stereocenters. The molecule has 2 aromatic carbocycles. The Morgan fingerprint density at radius 1 is 1.17 bits per heavy atom. The molecule has 0 spiro atoms. The standard InChI is InChI=1S/C22H19ClN4O2S/c23-16-5-2-1-4-14(16)12-30-22-25-21-24-17-6-3-7-18(29)19(17)20(27(21)26-22)13-8-10-15(28)11-9-13/h1-2,4-5,8-11,20,28H,3,6-7,12H2,(H,24,25,26)/t20-/m0/s1. The fraction of sp³-hybridized carbons (Fsp3) is 0.227. The zero-order valence-corrected chi connectivity index (χ0v) is 17.6. The number of carbonyl (C=O) groups excluding carboxylic acids is 1. The van der Waals surface area contributed by atoms with Gasteiger partial charge in [0, 0.05) is 28.5 Å². The molecule has 1 aliphatic heterocycles. The van der Waals surface area contributed by atoms with Crippen LogP contribution in [0.15, 0.2) is 65.0 Å². The van der Waals surface area contributed by atoms with Crippen LogP contribution in [-0.4, -0.2) is 25.7 Å². The number of benzene rings is 2. The number of anilines is 1. The summed E-state index contributed by atoms with van der Waals surface area (Å²) in [4.78, 5) is 17.5. The number of allylic oxidation sites excluding steroid dienone is 2. The molecule has 0 bridgehead atoms. The summed E-state index contributed by atoms with van der Waals surface area (Å²) in [5.41, 5.74) is 3.58. The third-order valence-corrected chi connectivity index (χ3v) is 6.63. The van der Waals surface area contributed by atoms with Crippen molar-refractivity contribution >= 4 is 35.1 Å². The average Bonchev–Trinajstić information content (AvgIpc) is 3.15. The van der Waals surface area contributed by atoms with Gasteiger partial charge in [0.05, 0.1) is 0 Å². The molecule has 0 amide bonds. The molecule has 0 fully saturated rings. The number of Topliss-reactive ketones (excluding diaryl/α,β-unsaturated/α-hetero) is 1. The van der Waals surface area contributed by atoms with E-state index in [1.54, 1.807) is 16.8 Å². The van der Waals surface area contributed by atoms with E-state index in [0.29, 0.717) is 23.3 Å². The first-order valence-electron chi connectivity index (χ1n) is 9.75. The van der Waals surface area contributed by atoms with Crippen LogP contribution in [0.25, 0.3) is 0 Å². The zero-order valence-electron chi connectivity index (χ0n) is 16.0. The van der Waals surface area contributed by atoms with E-state index in [2.05, 4.69) is 10.3 Å². The fourth-order valence-electron chi connectivity index (χ4n) is 3.92. The van der Waals surface area contributed by atoms with Crippen molar-refractivity contribution in [3.63, 3.8) is 0 Å². The number of rotatable bonds is 4. The molecule has 0 unspecified atom stereocenters. The second-order valence-electron chi connectivity index (χ2n) is 7.33. The number of thioether (sulfide) groups is 1. The Labute approximate surface area is 183 Å². The smallest absolute Gasteiger partial charge is 0.227 e. The van der Waals surface area contributed by atoms with Crippen molar-refractivity contribution < 1.29 is 9.90 Å². The summed E-state index contributed by atoms with van der Waals surface area (Å²) in [6.45, 7) is 0. The maximum Gasteiger partial charge on any atom is 0.227 e. The van der Waals surface area contributed by atoms with Crippen molar-refractivity contribution in [2.75, 3.05) is 5.32 Å². The first-order chi connectivity index (χ1) is 14.6. The molecule has 5 rings (SSSR count). The largest absolute Gasteiger partial charge is 0.508 e. The molecule has 2 heterocycles. The van der Waals surface area contributed by atoms with E-state index >= 15 is 0 Å². The van der Waals surface area contributed by atoms with Crippen LogP contribution in [-0.2, 0) is 10.5 Å². The number of phenolic OH excluding ortho intramolecular Hbond substituents is 1. The number of nitrogens with zero attached hydrogens (tertiary/aromatic N) is 3. The molecular weight excluding hydrogens is 420 g/mol. The van der Waals surface area contributed by atoms with Crippen LogP contribution < -0.4 is 5.32 Å². The lowest BCUT2D eigenvalue weighted by Crippen LogP contribution is -2.31. The summed E-state index contributed by atoms with van der Waals surface area (Å²) < 4.78 is 1.78. The van der Waals surface area contributed by atoms with Gasteiger partial charge in [0.15, 0.2) is 5.78 Å². The number of aromatic nitrogens is 3. The molecule has 1 aliphatic carbocycles. The minimum atomic E-state index is -0.355. The van der Waals surface area contributed by atoms with Crippen LogP contribution in [0.2, 0.25) is 5.02 Å². The molecule has 3 aromatic rings. The van der Waals surface area contributed by atoms with Crippen molar-refractivity contribution in [3.05, 3.63) is 76.0 Å². The molecule has 8 heteroatoms. The monoisotopic (exact) mass is 438 g/mol. The number of nitrogens with one attached hydrogen (secondary N) is 1. The van der Waals surface area contributed by atoms with Gasteiger partial charge in [-0.3, -0.25) is 4.79 Å². The van der Waals surface area contributed by atoms with Crippen LogP contribution in [0.5, 0.6) is 5.75 Å². The van der Waals surface area contributed by atoms with Crippen molar-refractivity contribution in [3.8, 4) is 5.75 Å². The summed E-state index contributed by atoms with van der Waals surface area (Å²) in [6.07, 6.45) is 2.17. The predicted octanol–water partition coefficient (Wildman–Crippen LogP) is 4.95. The van der Waals surface area contributed by atoms with E-state index in [4.69, 9.17) is 16.7 Å². The molecular formula is C22H19ClN4O2S. The molecule has 6 nitrogen and oxygen atoms in total. The Morgan fingerprint density at radius 2 is 1.97 bits per heavy atom. The van der Waals surface area contributed by atoms with Crippen LogP contribution in [0.3, 0.4) is 0 Å². The van der Waals surface area contributed by atoms with E-state index in [0.717, 1.165) is 40.3 Å². The molecule has 1 aromatic heterocycles. The third-order valence-electron chi connectivity index (χ3n) is 5.37. The highest BCUT2D eigenvalue weighted by atomic mass is 35.5. The minimum Gasteiger partial charge on any atom is -0.508 e. The van der Waals surface area contributed by atoms with Crippen LogP contribution >= 0.6 is 23.4 Å². The highest BCUT2D eigenvalue weighted by molar-refractivity contribution is 7.98. The van der Waals surface area contributed by atoms with Gasteiger partial charge in [-0.25, -0.2) is 4.68 Å². The third kappa shape index (κ3) is 3.48. The van der Waals surface area contributed by atoms with Gasteiger partial charge in [0.25, 0.3) is 0 Å². The number of aromatic hydroxyl groups is 1. The molecule has 152 valence electrons. The number of ketones is 1. The topological polar surface area (TPSA) is 80.0 Å². The lowest BCUT2D eigenvalue weighted by Gasteiger charge is -2.32. The van der Waals surface area contributed by atoms with Crippen LogP contribution in [0, 0.1) is 0 Å². The van der Waals surface area contributed by atoms with Crippen LogP contribution in [0.1, 0.15) is 36.4 Å². The summed E-state index contributed by atoms with van der Waals surface area (Å²) in [6, 6.07) is 14.3. The maximum atomic E-state index is 12.8. The quantitative estimate of drug-likeness (QED) is 0.561. The minimum absolute atomic E-state index is 0.133. The Balaban J connectivity index is 1.51. The van der Waals surface area contributed by atoms with Gasteiger partial charge >= 0.3 is 0 Å². The van der Waals surface area contributed by atoms with Gasteiger partial charge in [-0.2, -0.15) is 4.98 Å². The first kappa shape index (κ1) is 19.2. The number of carbonyl (C=O) groups is 1. The van der Waals surface area contributed by atoms with Crippen molar-refractivity contribution in [1.82, 2.24) is 14.8 Å². The molecule has 0 saturated heterocycles. The van der Waals surface area contributed by atoms with E-state index in [-0.39, 0.29) is 17.6 Å². The fourth-order valence-corrected chi connectivity index (χ4v) is 5.04. The lowest BCUT2D eigenvalue weighted by molar-refractivity contribution is -0.116. The van der Waals surface area contributed by atoms with Crippen molar-refractivity contribution in [2.45, 2.75) is 36.2 Å². The van der Waals surface area contributed by atoms with Gasteiger partial charge in [0.2, 0.25) is 11.1 Å². The SMILES string of the molecule is O=C1CCCC2=C1[C@H](c1ccc(O)cc1)n1nc(SCc3ccccc3Cl)nc1N2. The zero-order chi connectivity index (χ0) is 20.7. The highest BCUT2D eigenvalue weighted by Crippen LogP contribution is 2.41. The number of hydrogen-bond acceptors (Lipinski definition) is 6. The molecule has 2 N–H and O–H groups in total. The number of fused-ring (bicyclic) bond motifs is 1. The lowest BCUT2D eigenvalue weighted by atomic mass is 9.85.